The number of carbonyl (C=O) groups excluding carboxylic acids is 2. The van der Waals surface area contributed by atoms with Gasteiger partial charge in [-0.3, -0.25) is 25.1 Å². The van der Waals surface area contributed by atoms with Crippen LogP contribution in [0.25, 0.3) is 0 Å². The van der Waals surface area contributed by atoms with E-state index in [9.17, 15) is 19.7 Å². The molecule has 1 aromatic rings. The summed E-state index contributed by atoms with van der Waals surface area (Å²) < 4.78 is 0. The van der Waals surface area contributed by atoms with E-state index >= 15 is 0 Å². The first-order valence-corrected chi connectivity index (χ1v) is 7.40. The zero-order valence-electron chi connectivity index (χ0n) is 12.1. The van der Waals surface area contributed by atoms with Gasteiger partial charge in [-0.15, -0.1) is 0 Å². The largest absolute Gasteiger partial charge is 0.289 e. The molecule has 2 fully saturated rings. The Hall–Kier alpha value is -2.44. The molecule has 3 rings (SSSR count). The number of nitro benzene ring substituents is 1. The number of benzene rings is 1. The number of rotatable bonds is 3. The first-order valence-electron chi connectivity index (χ1n) is 7.40. The maximum Gasteiger partial charge on any atom is 0.269 e. The number of amides is 2. The summed E-state index contributed by atoms with van der Waals surface area (Å²) in [6.45, 7) is 0. The van der Waals surface area contributed by atoms with E-state index in [1.54, 1.807) is 0 Å². The van der Waals surface area contributed by atoms with Crippen molar-refractivity contribution >= 4 is 23.2 Å². The third kappa shape index (κ3) is 2.43. The van der Waals surface area contributed by atoms with Gasteiger partial charge in [-0.2, -0.15) is 5.01 Å². The molecular weight excluding hydrogens is 286 g/mol. The average molecular weight is 303 g/mol. The highest BCUT2D eigenvalue weighted by molar-refractivity contribution is 6.06. The van der Waals surface area contributed by atoms with E-state index in [1.807, 2.05) is 0 Å². The van der Waals surface area contributed by atoms with Crippen LogP contribution in [0.1, 0.15) is 38.5 Å². The number of hydrogen-bond acceptors (Lipinski definition) is 5. The monoisotopic (exact) mass is 303 g/mol. The van der Waals surface area contributed by atoms with Crippen molar-refractivity contribution in [1.82, 2.24) is 5.01 Å². The molecular formula is C15H17N3O4. The normalized spacial score (nSPS) is 20.5. The van der Waals surface area contributed by atoms with Gasteiger partial charge in [-0.05, 0) is 25.0 Å². The van der Waals surface area contributed by atoms with Crippen molar-refractivity contribution in [2.45, 2.75) is 38.5 Å². The quantitative estimate of drug-likeness (QED) is 0.526. The number of anilines is 1. The molecule has 116 valence electrons. The number of nitro groups is 1. The van der Waals surface area contributed by atoms with Crippen LogP contribution in [-0.2, 0) is 9.59 Å². The Morgan fingerprint density at radius 1 is 1.09 bits per heavy atom. The Labute approximate surface area is 127 Å². The summed E-state index contributed by atoms with van der Waals surface area (Å²) in [5, 5.41) is 11.7. The number of imide groups is 1. The molecule has 1 saturated heterocycles. The number of carbonyl (C=O) groups is 2. The highest BCUT2D eigenvalue weighted by Gasteiger charge is 2.51. The van der Waals surface area contributed by atoms with E-state index in [-0.39, 0.29) is 23.9 Å². The lowest BCUT2D eigenvalue weighted by atomic mass is 9.73. The molecule has 1 aliphatic heterocycles. The Balaban J connectivity index is 1.76. The number of nitrogens with zero attached hydrogens (tertiary/aromatic N) is 2. The van der Waals surface area contributed by atoms with E-state index in [4.69, 9.17) is 0 Å². The molecule has 1 saturated carbocycles. The summed E-state index contributed by atoms with van der Waals surface area (Å²) in [5.74, 6) is -0.402. The van der Waals surface area contributed by atoms with E-state index in [2.05, 4.69) is 5.43 Å². The molecule has 0 bridgehead atoms. The van der Waals surface area contributed by atoms with Crippen LogP contribution in [0, 0.1) is 15.5 Å². The molecule has 2 aliphatic rings. The lowest BCUT2D eigenvalue weighted by molar-refractivity contribution is -0.384. The summed E-state index contributed by atoms with van der Waals surface area (Å²) in [6, 6.07) is 5.66. The van der Waals surface area contributed by atoms with Crippen LogP contribution in [0.5, 0.6) is 0 Å². The van der Waals surface area contributed by atoms with Crippen molar-refractivity contribution in [2.24, 2.45) is 5.41 Å². The van der Waals surface area contributed by atoms with Crippen LogP contribution in [0.2, 0.25) is 0 Å². The Kier molecular flexibility index (Phi) is 3.56. The molecule has 1 heterocycles. The van der Waals surface area contributed by atoms with Crippen molar-refractivity contribution in [3.8, 4) is 0 Å². The molecule has 0 unspecified atom stereocenters. The fourth-order valence-electron chi connectivity index (χ4n) is 3.31. The molecule has 2 amide bonds. The molecule has 1 aliphatic carbocycles. The number of non-ortho nitro benzene ring substituents is 1. The lowest BCUT2D eigenvalue weighted by Crippen LogP contribution is -2.40. The fourth-order valence-corrected chi connectivity index (χ4v) is 3.31. The third-order valence-electron chi connectivity index (χ3n) is 4.53. The minimum absolute atomic E-state index is 0.0339. The van der Waals surface area contributed by atoms with Crippen LogP contribution >= 0.6 is 0 Å². The van der Waals surface area contributed by atoms with Crippen LogP contribution in [0.3, 0.4) is 0 Å². The molecule has 0 atom stereocenters. The SMILES string of the molecule is O=C1CC2(CCCCC2)C(=O)N1Nc1ccc([N+](=O)[O-])cc1. The first kappa shape index (κ1) is 14.5. The van der Waals surface area contributed by atoms with Crippen LogP contribution < -0.4 is 5.43 Å². The van der Waals surface area contributed by atoms with Gasteiger partial charge in [-0.25, -0.2) is 0 Å². The van der Waals surface area contributed by atoms with Gasteiger partial charge in [0.2, 0.25) is 5.91 Å². The second-order valence-corrected chi connectivity index (χ2v) is 5.97. The van der Waals surface area contributed by atoms with Gasteiger partial charge in [0.05, 0.1) is 16.0 Å². The van der Waals surface area contributed by atoms with Crippen molar-refractivity contribution in [3.05, 3.63) is 34.4 Å². The van der Waals surface area contributed by atoms with Crippen LogP contribution in [-0.4, -0.2) is 21.7 Å². The van der Waals surface area contributed by atoms with Crippen LogP contribution in [0.4, 0.5) is 11.4 Å². The minimum Gasteiger partial charge on any atom is -0.289 e. The third-order valence-corrected chi connectivity index (χ3v) is 4.53. The van der Waals surface area contributed by atoms with Gasteiger partial charge in [0.15, 0.2) is 0 Å². The zero-order chi connectivity index (χ0) is 15.7. The molecule has 7 heteroatoms. The maximum absolute atomic E-state index is 12.6. The molecule has 22 heavy (non-hydrogen) atoms. The Morgan fingerprint density at radius 2 is 1.73 bits per heavy atom. The number of hydrazine groups is 1. The predicted molar refractivity (Wildman–Crippen MR) is 78.7 cm³/mol. The van der Waals surface area contributed by atoms with Gasteiger partial charge in [0.25, 0.3) is 11.6 Å². The molecule has 7 nitrogen and oxygen atoms in total. The summed E-state index contributed by atoms with van der Waals surface area (Å²) in [4.78, 5) is 34.9. The summed E-state index contributed by atoms with van der Waals surface area (Å²) in [7, 11) is 0. The minimum atomic E-state index is -0.539. The van der Waals surface area contributed by atoms with Gasteiger partial charge < -0.3 is 0 Å². The van der Waals surface area contributed by atoms with Gasteiger partial charge >= 0.3 is 0 Å². The standard InChI is InChI=1S/C15H17N3O4/c19-13-10-15(8-2-1-3-9-15)14(20)17(13)16-11-4-6-12(7-5-11)18(21)22/h4-7,16H,1-3,8-10H2. The second kappa shape index (κ2) is 5.40. The summed E-state index contributed by atoms with van der Waals surface area (Å²) in [5.41, 5.74) is 2.70. The van der Waals surface area contributed by atoms with Crippen molar-refractivity contribution < 1.29 is 14.5 Å². The first-order chi connectivity index (χ1) is 10.5. The van der Waals surface area contributed by atoms with Crippen molar-refractivity contribution in [2.75, 3.05) is 5.43 Å². The molecule has 1 spiro atoms. The van der Waals surface area contributed by atoms with E-state index in [1.165, 1.54) is 24.3 Å². The molecule has 1 aromatic carbocycles. The second-order valence-electron chi connectivity index (χ2n) is 5.97. The van der Waals surface area contributed by atoms with Gasteiger partial charge in [0, 0.05) is 18.6 Å². The highest BCUT2D eigenvalue weighted by Crippen LogP contribution is 2.45. The van der Waals surface area contributed by atoms with Crippen molar-refractivity contribution in [1.29, 1.82) is 0 Å². The van der Waals surface area contributed by atoms with Gasteiger partial charge in [-0.1, -0.05) is 19.3 Å². The topological polar surface area (TPSA) is 92.6 Å². The van der Waals surface area contributed by atoms with E-state index < -0.39 is 10.3 Å². The lowest BCUT2D eigenvalue weighted by Gasteiger charge is -2.30. The average Bonchev–Trinajstić information content (AvgIpc) is 2.73. The molecule has 1 N–H and O–H groups in total. The summed E-state index contributed by atoms with van der Waals surface area (Å²) in [6.07, 6.45) is 4.84. The van der Waals surface area contributed by atoms with Gasteiger partial charge in [0.1, 0.15) is 0 Å². The predicted octanol–water partition coefficient (Wildman–Crippen LogP) is 2.63. The van der Waals surface area contributed by atoms with Crippen LogP contribution in [0.15, 0.2) is 24.3 Å². The number of nitrogens with one attached hydrogen (secondary N) is 1. The highest BCUT2D eigenvalue weighted by atomic mass is 16.6. The Bertz CT molecular complexity index is 620. The fraction of sp³-hybridized carbons (Fsp3) is 0.467. The van der Waals surface area contributed by atoms with E-state index in [0.29, 0.717) is 5.69 Å². The van der Waals surface area contributed by atoms with E-state index in [0.717, 1.165) is 37.1 Å². The van der Waals surface area contributed by atoms with Crippen molar-refractivity contribution in [3.63, 3.8) is 0 Å². The maximum atomic E-state index is 12.6. The molecule has 0 aromatic heterocycles. The number of hydrogen-bond donors (Lipinski definition) is 1. The smallest absolute Gasteiger partial charge is 0.269 e. The zero-order valence-corrected chi connectivity index (χ0v) is 12.1. The molecule has 0 radical (unpaired) electrons. The Morgan fingerprint density at radius 3 is 2.32 bits per heavy atom. The summed E-state index contributed by atoms with van der Waals surface area (Å²) >= 11 is 0.